The Morgan fingerprint density at radius 1 is 1.38 bits per heavy atom. The van der Waals surface area contributed by atoms with Gasteiger partial charge in [0.1, 0.15) is 5.60 Å². The quantitative estimate of drug-likeness (QED) is 0.859. The van der Waals surface area contributed by atoms with Crippen LogP contribution < -0.4 is 5.73 Å². The van der Waals surface area contributed by atoms with E-state index in [-0.39, 0.29) is 18.2 Å². The third-order valence-electron chi connectivity index (χ3n) is 3.68. The smallest absolute Gasteiger partial charge is 0.411 e. The first-order valence-electron chi connectivity index (χ1n) is 7.49. The molecule has 5 heteroatoms. The standard InChI is InChI=1S/C16H25N3O2/c1-11-6-5-7-14(12-8-13(17)10-18-9-12)19(11)15(20)21-16(2,3)4/h8-11,14H,5-7,17H2,1-4H3. The largest absolute Gasteiger partial charge is 0.444 e. The molecule has 0 aromatic carbocycles. The fraction of sp³-hybridized carbons (Fsp3) is 0.625. The molecule has 1 fully saturated rings. The van der Waals surface area contributed by atoms with Crippen LogP contribution >= 0.6 is 0 Å². The van der Waals surface area contributed by atoms with Crippen molar-refractivity contribution in [3.05, 3.63) is 24.0 Å². The molecule has 1 aromatic heterocycles. The molecule has 1 aromatic rings. The van der Waals surface area contributed by atoms with Gasteiger partial charge in [-0.05, 0) is 58.6 Å². The molecule has 0 spiro atoms. The van der Waals surface area contributed by atoms with Gasteiger partial charge in [-0.15, -0.1) is 0 Å². The van der Waals surface area contributed by atoms with E-state index in [1.807, 2.05) is 31.7 Å². The van der Waals surface area contributed by atoms with Gasteiger partial charge in [-0.1, -0.05) is 0 Å². The third kappa shape index (κ3) is 3.86. The van der Waals surface area contributed by atoms with Gasteiger partial charge in [0.15, 0.2) is 0 Å². The summed E-state index contributed by atoms with van der Waals surface area (Å²) in [7, 11) is 0. The predicted molar refractivity (Wildman–Crippen MR) is 82.8 cm³/mol. The highest BCUT2D eigenvalue weighted by Crippen LogP contribution is 2.35. The number of aromatic nitrogens is 1. The van der Waals surface area contributed by atoms with Gasteiger partial charge in [-0.2, -0.15) is 0 Å². The molecular formula is C16H25N3O2. The Bertz CT molecular complexity index is 510. The van der Waals surface area contributed by atoms with Crippen LogP contribution in [0.2, 0.25) is 0 Å². The Kier molecular flexibility index (Phi) is 4.40. The van der Waals surface area contributed by atoms with E-state index >= 15 is 0 Å². The summed E-state index contributed by atoms with van der Waals surface area (Å²) in [4.78, 5) is 18.5. The van der Waals surface area contributed by atoms with Crippen LogP contribution in [-0.2, 0) is 4.74 Å². The number of nitrogens with two attached hydrogens (primary N) is 1. The van der Waals surface area contributed by atoms with Crippen molar-refractivity contribution in [2.45, 2.75) is 64.6 Å². The number of anilines is 1. The number of carbonyl (C=O) groups excluding carboxylic acids is 1. The number of rotatable bonds is 1. The van der Waals surface area contributed by atoms with Crippen LogP contribution in [0.3, 0.4) is 0 Å². The third-order valence-corrected chi connectivity index (χ3v) is 3.68. The molecule has 0 saturated carbocycles. The number of hydrogen-bond donors (Lipinski definition) is 1. The lowest BCUT2D eigenvalue weighted by Crippen LogP contribution is -2.46. The zero-order valence-electron chi connectivity index (χ0n) is 13.3. The zero-order valence-corrected chi connectivity index (χ0v) is 13.3. The van der Waals surface area contributed by atoms with Crippen molar-refractivity contribution in [1.82, 2.24) is 9.88 Å². The van der Waals surface area contributed by atoms with E-state index in [0.29, 0.717) is 5.69 Å². The first kappa shape index (κ1) is 15.6. The number of ether oxygens (including phenoxy) is 1. The van der Waals surface area contributed by atoms with Gasteiger partial charge in [-0.3, -0.25) is 9.88 Å². The van der Waals surface area contributed by atoms with Gasteiger partial charge in [0.2, 0.25) is 0 Å². The van der Waals surface area contributed by atoms with Crippen LogP contribution in [-0.4, -0.2) is 27.6 Å². The summed E-state index contributed by atoms with van der Waals surface area (Å²) in [5.74, 6) is 0. The number of pyridine rings is 1. The van der Waals surface area contributed by atoms with Crippen LogP contribution in [0.15, 0.2) is 18.5 Å². The normalized spacial score (nSPS) is 23.0. The summed E-state index contributed by atoms with van der Waals surface area (Å²) in [5, 5.41) is 0. The van der Waals surface area contributed by atoms with Gasteiger partial charge in [0.05, 0.1) is 11.7 Å². The number of nitrogen functional groups attached to an aromatic ring is 1. The molecule has 2 N–H and O–H groups in total. The van der Waals surface area contributed by atoms with Crippen molar-refractivity contribution in [2.75, 3.05) is 5.73 Å². The molecule has 1 amide bonds. The Morgan fingerprint density at radius 2 is 2.10 bits per heavy atom. The fourth-order valence-electron chi connectivity index (χ4n) is 2.80. The van der Waals surface area contributed by atoms with Gasteiger partial charge in [-0.25, -0.2) is 4.79 Å². The summed E-state index contributed by atoms with van der Waals surface area (Å²) in [6.45, 7) is 7.72. The molecule has 0 radical (unpaired) electrons. The SMILES string of the molecule is CC1CCCC(c2cncc(N)c2)N1C(=O)OC(C)(C)C. The van der Waals surface area contributed by atoms with E-state index in [4.69, 9.17) is 10.5 Å². The lowest BCUT2D eigenvalue weighted by atomic mass is 9.92. The maximum Gasteiger partial charge on any atom is 0.411 e. The molecule has 1 aliphatic heterocycles. The van der Waals surface area contributed by atoms with Gasteiger partial charge >= 0.3 is 6.09 Å². The lowest BCUT2D eigenvalue weighted by Gasteiger charge is -2.41. The topological polar surface area (TPSA) is 68.5 Å². The molecule has 1 saturated heterocycles. The number of piperidine rings is 1. The number of likely N-dealkylation sites (tertiary alicyclic amines) is 1. The molecule has 2 heterocycles. The molecule has 2 unspecified atom stereocenters. The average molecular weight is 291 g/mol. The van der Waals surface area contributed by atoms with E-state index < -0.39 is 5.60 Å². The number of nitrogens with zero attached hydrogens (tertiary/aromatic N) is 2. The second kappa shape index (κ2) is 5.92. The molecule has 2 rings (SSSR count). The van der Waals surface area contributed by atoms with E-state index in [1.54, 1.807) is 12.4 Å². The first-order chi connectivity index (χ1) is 9.78. The first-order valence-corrected chi connectivity index (χ1v) is 7.49. The van der Waals surface area contributed by atoms with Gasteiger partial charge < -0.3 is 10.5 Å². The predicted octanol–water partition coefficient (Wildman–Crippen LogP) is 3.51. The molecule has 5 nitrogen and oxygen atoms in total. The second-order valence-electron chi connectivity index (χ2n) is 6.73. The van der Waals surface area contributed by atoms with Crippen molar-refractivity contribution in [3.63, 3.8) is 0 Å². The Morgan fingerprint density at radius 3 is 2.71 bits per heavy atom. The number of amides is 1. The fourth-order valence-corrected chi connectivity index (χ4v) is 2.80. The molecule has 0 aliphatic carbocycles. The van der Waals surface area contributed by atoms with Crippen LogP contribution in [0.1, 0.15) is 58.6 Å². The van der Waals surface area contributed by atoms with E-state index in [0.717, 1.165) is 24.8 Å². The van der Waals surface area contributed by atoms with Crippen LogP contribution in [0.4, 0.5) is 10.5 Å². The second-order valence-corrected chi connectivity index (χ2v) is 6.73. The van der Waals surface area contributed by atoms with Crippen molar-refractivity contribution in [3.8, 4) is 0 Å². The highest BCUT2D eigenvalue weighted by molar-refractivity contribution is 5.69. The molecule has 2 atom stereocenters. The minimum atomic E-state index is -0.493. The van der Waals surface area contributed by atoms with Crippen LogP contribution in [0.5, 0.6) is 0 Å². The van der Waals surface area contributed by atoms with Gasteiger partial charge in [0.25, 0.3) is 0 Å². The summed E-state index contributed by atoms with van der Waals surface area (Å²) in [6, 6.07) is 2.03. The summed E-state index contributed by atoms with van der Waals surface area (Å²) in [6.07, 6.45) is 6.13. The van der Waals surface area contributed by atoms with Crippen molar-refractivity contribution in [1.29, 1.82) is 0 Å². The molecule has 1 aliphatic rings. The molecular weight excluding hydrogens is 266 g/mol. The minimum Gasteiger partial charge on any atom is -0.444 e. The molecule has 21 heavy (non-hydrogen) atoms. The molecule has 0 bridgehead atoms. The number of carbonyl (C=O) groups is 1. The highest BCUT2D eigenvalue weighted by atomic mass is 16.6. The van der Waals surface area contributed by atoms with E-state index in [2.05, 4.69) is 11.9 Å². The summed E-state index contributed by atoms with van der Waals surface area (Å²) < 4.78 is 5.56. The van der Waals surface area contributed by atoms with Crippen molar-refractivity contribution < 1.29 is 9.53 Å². The summed E-state index contributed by atoms with van der Waals surface area (Å²) in [5.41, 5.74) is 6.93. The van der Waals surface area contributed by atoms with Crippen LogP contribution in [0, 0.1) is 0 Å². The van der Waals surface area contributed by atoms with Crippen molar-refractivity contribution >= 4 is 11.8 Å². The average Bonchev–Trinajstić information content (AvgIpc) is 2.36. The van der Waals surface area contributed by atoms with E-state index in [9.17, 15) is 4.79 Å². The Hall–Kier alpha value is -1.78. The minimum absolute atomic E-state index is 0.0143. The molecule has 116 valence electrons. The zero-order chi connectivity index (χ0) is 15.6. The highest BCUT2D eigenvalue weighted by Gasteiger charge is 2.35. The lowest BCUT2D eigenvalue weighted by molar-refractivity contribution is -0.00328. The Balaban J connectivity index is 2.27. The van der Waals surface area contributed by atoms with Gasteiger partial charge in [0, 0.05) is 18.4 Å². The van der Waals surface area contributed by atoms with E-state index in [1.165, 1.54) is 0 Å². The Labute approximate surface area is 126 Å². The maximum absolute atomic E-state index is 12.5. The monoisotopic (exact) mass is 291 g/mol. The maximum atomic E-state index is 12.5. The summed E-state index contributed by atoms with van der Waals surface area (Å²) >= 11 is 0. The van der Waals surface area contributed by atoms with Crippen molar-refractivity contribution in [2.24, 2.45) is 0 Å². The van der Waals surface area contributed by atoms with Crippen LogP contribution in [0.25, 0.3) is 0 Å². The number of hydrogen-bond acceptors (Lipinski definition) is 4.